The number of aromatic nitrogens is 3. The second kappa shape index (κ2) is 5.46. The molecular formula is C15H9ClFN3O. The second-order valence-corrected chi connectivity index (χ2v) is 4.75. The standard InChI is InChI=1S/C15H9ClFN3O/c16-11-5-3-4-10(8-11)15-13(9-21)18-19-20(15)14-7-2-1-6-12(14)17/h1-9H. The highest BCUT2D eigenvalue weighted by molar-refractivity contribution is 6.30. The van der Waals surface area contributed by atoms with Gasteiger partial charge in [-0.05, 0) is 24.3 Å². The molecule has 0 radical (unpaired) electrons. The predicted octanol–water partition coefficient (Wildman–Crippen LogP) is 3.54. The van der Waals surface area contributed by atoms with Crippen LogP contribution >= 0.6 is 11.6 Å². The summed E-state index contributed by atoms with van der Waals surface area (Å²) < 4.78 is 15.3. The molecule has 0 unspecified atom stereocenters. The Balaban J connectivity index is 2.27. The van der Waals surface area contributed by atoms with Crippen LogP contribution in [0.4, 0.5) is 4.39 Å². The fourth-order valence-electron chi connectivity index (χ4n) is 2.07. The largest absolute Gasteiger partial charge is 0.296 e. The summed E-state index contributed by atoms with van der Waals surface area (Å²) >= 11 is 5.97. The van der Waals surface area contributed by atoms with Gasteiger partial charge >= 0.3 is 0 Å². The van der Waals surface area contributed by atoms with Gasteiger partial charge in [0.1, 0.15) is 17.2 Å². The van der Waals surface area contributed by atoms with Crippen LogP contribution in [0.5, 0.6) is 0 Å². The molecule has 0 aliphatic carbocycles. The van der Waals surface area contributed by atoms with Gasteiger partial charge in [-0.2, -0.15) is 0 Å². The van der Waals surface area contributed by atoms with Crippen LogP contribution in [0.3, 0.4) is 0 Å². The molecule has 0 atom stereocenters. The number of carbonyl (C=O) groups excluding carboxylic acids is 1. The first kappa shape index (κ1) is 13.5. The Bertz CT molecular complexity index is 816. The number of halogens is 2. The highest BCUT2D eigenvalue weighted by atomic mass is 35.5. The van der Waals surface area contributed by atoms with Crippen molar-refractivity contribution in [1.82, 2.24) is 15.0 Å². The third kappa shape index (κ3) is 2.43. The molecule has 0 saturated carbocycles. The first-order valence-electron chi connectivity index (χ1n) is 6.12. The van der Waals surface area contributed by atoms with Crippen LogP contribution in [-0.2, 0) is 0 Å². The van der Waals surface area contributed by atoms with Gasteiger partial charge in [0.25, 0.3) is 0 Å². The van der Waals surface area contributed by atoms with E-state index in [-0.39, 0.29) is 11.4 Å². The van der Waals surface area contributed by atoms with Crippen molar-refractivity contribution in [3.05, 3.63) is 65.1 Å². The summed E-state index contributed by atoms with van der Waals surface area (Å²) in [5.41, 5.74) is 1.38. The number of carbonyl (C=O) groups is 1. The zero-order valence-corrected chi connectivity index (χ0v) is 11.5. The zero-order chi connectivity index (χ0) is 14.8. The number of hydrogen-bond acceptors (Lipinski definition) is 3. The van der Waals surface area contributed by atoms with Gasteiger partial charge in [-0.15, -0.1) is 5.10 Å². The molecule has 0 saturated heterocycles. The Morgan fingerprint density at radius 3 is 2.67 bits per heavy atom. The number of nitrogens with zero attached hydrogens (tertiary/aromatic N) is 3. The monoisotopic (exact) mass is 301 g/mol. The van der Waals surface area contributed by atoms with E-state index in [0.717, 1.165) is 0 Å². The van der Waals surface area contributed by atoms with E-state index >= 15 is 0 Å². The van der Waals surface area contributed by atoms with Crippen molar-refractivity contribution in [2.24, 2.45) is 0 Å². The molecule has 0 spiro atoms. The first-order chi connectivity index (χ1) is 10.2. The SMILES string of the molecule is O=Cc1nnn(-c2ccccc2F)c1-c1cccc(Cl)c1. The maximum Gasteiger partial charge on any atom is 0.172 e. The maximum absolute atomic E-state index is 14.0. The normalized spacial score (nSPS) is 10.6. The third-order valence-corrected chi connectivity index (χ3v) is 3.22. The Labute approximate surface area is 124 Å². The van der Waals surface area contributed by atoms with E-state index in [2.05, 4.69) is 10.3 Å². The number of para-hydroxylation sites is 1. The Morgan fingerprint density at radius 1 is 1.14 bits per heavy atom. The molecule has 3 aromatic rings. The molecule has 0 N–H and O–H groups in total. The van der Waals surface area contributed by atoms with Crippen molar-refractivity contribution in [2.75, 3.05) is 0 Å². The summed E-state index contributed by atoms with van der Waals surface area (Å²) in [4.78, 5) is 11.2. The lowest BCUT2D eigenvalue weighted by molar-refractivity contribution is 0.111. The molecule has 3 rings (SSSR count). The Morgan fingerprint density at radius 2 is 1.95 bits per heavy atom. The molecule has 2 aromatic carbocycles. The molecule has 4 nitrogen and oxygen atoms in total. The van der Waals surface area contributed by atoms with Crippen LogP contribution in [0, 0.1) is 5.82 Å². The third-order valence-electron chi connectivity index (χ3n) is 2.99. The molecule has 6 heteroatoms. The van der Waals surface area contributed by atoms with Crippen molar-refractivity contribution in [3.8, 4) is 16.9 Å². The highest BCUT2D eigenvalue weighted by Crippen LogP contribution is 2.27. The van der Waals surface area contributed by atoms with Crippen molar-refractivity contribution in [3.63, 3.8) is 0 Å². The molecule has 0 aliphatic rings. The molecule has 0 fully saturated rings. The summed E-state index contributed by atoms with van der Waals surface area (Å²) in [6.07, 6.45) is 0.584. The van der Waals surface area contributed by atoms with Gasteiger partial charge in [-0.3, -0.25) is 4.79 Å². The van der Waals surface area contributed by atoms with E-state index in [1.54, 1.807) is 42.5 Å². The summed E-state index contributed by atoms with van der Waals surface area (Å²) in [5.74, 6) is -0.455. The minimum absolute atomic E-state index is 0.125. The van der Waals surface area contributed by atoms with E-state index in [9.17, 15) is 9.18 Å². The Kier molecular flexibility index (Phi) is 3.50. The van der Waals surface area contributed by atoms with Crippen LogP contribution in [0.2, 0.25) is 5.02 Å². The van der Waals surface area contributed by atoms with Gasteiger partial charge in [0.05, 0.1) is 0 Å². The van der Waals surface area contributed by atoms with E-state index in [4.69, 9.17) is 11.6 Å². The van der Waals surface area contributed by atoms with Crippen LogP contribution in [-0.4, -0.2) is 21.3 Å². The lowest BCUT2D eigenvalue weighted by atomic mass is 10.1. The minimum atomic E-state index is -0.455. The first-order valence-corrected chi connectivity index (χ1v) is 6.50. The second-order valence-electron chi connectivity index (χ2n) is 4.31. The van der Waals surface area contributed by atoms with Gasteiger partial charge in [-0.25, -0.2) is 9.07 Å². The fraction of sp³-hybridized carbons (Fsp3) is 0. The molecule has 0 aliphatic heterocycles. The number of rotatable bonds is 3. The molecule has 21 heavy (non-hydrogen) atoms. The van der Waals surface area contributed by atoms with E-state index in [0.29, 0.717) is 22.6 Å². The van der Waals surface area contributed by atoms with Crippen LogP contribution in [0.25, 0.3) is 16.9 Å². The molecule has 0 bridgehead atoms. The van der Waals surface area contributed by atoms with E-state index < -0.39 is 5.82 Å². The molecule has 0 amide bonds. The smallest absolute Gasteiger partial charge is 0.172 e. The van der Waals surface area contributed by atoms with Crippen molar-refractivity contribution in [2.45, 2.75) is 0 Å². The zero-order valence-electron chi connectivity index (χ0n) is 10.7. The molecule has 1 heterocycles. The van der Waals surface area contributed by atoms with Gasteiger partial charge in [-0.1, -0.05) is 41.1 Å². The average Bonchev–Trinajstić information content (AvgIpc) is 2.91. The number of hydrogen-bond donors (Lipinski definition) is 0. The lowest BCUT2D eigenvalue weighted by Crippen LogP contribution is -2.02. The van der Waals surface area contributed by atoms with Gasteiger partial charge in [0.2, 0.25) is 0 Å². The minimum Gasteiger partial charge on any atom is -0.296 e. The fourth-order valence-corrected chi connectivity index (χ4v) is 2.26. The quantitative estimate of drug-likeness (QED) is 0.695. The molecule has 104 valence electrons. The maximum atomic E-state index is 14.0. The van der Waals surface area contributed by atoms with Crippen LogP contribution in [0.1, 0.15) is 10.5 Å². The summed E-state index contributed by atoms with van der Waals surface area (Å²) in [6, 6.07) is 13.0. The average molecular weight is 302 g/mol. The van der Waals surface area contributed by atoms with Gasteiger partial charge in [0, 0.05) is 10.6 Å². The summed E-state index contributed by atoms with van der Waals surface area (Å²) in [6.45, 7) is 0. The van der Waals surface area contributed by atoms with Crippen molar-refractivity contribution < 1.29 is 9.18 Å². The number of benzene rings is 2. The summed E-state index contributed by atoms with van der Waals surface area (Å²) in [5, 5.41) is 8.17. The number of aldehydes is 1. The molecular weight excluding hydrogens is 293 g/mol. The Hall–Kier alpha value is -2.53. The predicted molar refractivity (Wildman–Crippen MR) is 77.2 cm³/mol. The topological polar surface area (TPSA) is 47.8 Å². The van der Waals surface area contributed by atoms with E-state index in [1.165, 1.54) is 10.7 Å². The van der Waals surface area contributed by atoms with E-state index in [1.807, 2.05) is 0 Å². The van der Waals surface area contributed by atoms with Crippen LogP contribution < -0.4 is 0 Å². The van der Waals surface area contributed by atoms with Crippen molar-refractivity contribution >= 4 is 17.9 Å². The summed E-state index contributed by atoms with van der Waals surface area (Å²) in [7, 11) is 0. The lowest BCUT2D eigenvalue weighted by Gasteiger charge is -2.08. The molecule has 1 aromatic heterocycles. The van der Waals surface area contributed by atoms with Crippen LogP contribution in [0.15, 0.2) is 48.5 Å². The van der Waals surface area contributed by atoms with Gasteiger partial charge < -0.3 is 0 Å². The van der Waals surface area contributed by atoms with Gasteiger partial charge in [0.15, 0.2) is 12.0 Å². The van der Waals surface area contributed by atoms with Crippen molar-refractivity contribution in [1.29, 1.82) is 0 Å². The highest BCUT2D eigenvalue weighted by Gasteiger charge is 2.18.